The number of hydrogen-bond acceptors (Lipinski definition) is 1. The highest BCUT2D eigenvalue weighted by Gasteiger charge is 2.12. The van der Waals surface area contributed by atoms with Crippen molar-refractivity contribution in [3.8, 4) is 11.1 Å². The maximum atomic E-state index is 7.27. The predicted molar refractivity (Wildman–Crippen MR) is 74.8 cm³/mol. The standard InChI is InChI=1S/C16H16N2/c1-11(2)15-10-18-12(3)9-14(15)13-7-5-6-8-16(13)17-4/h5-11H,1-3H3. The number of rotatable bonds is 2. The number of hydrogen-bond donors (Lipinski definition) is 0. The van der Waals surface area contributed by atoms with Crippen LogP contribution in [0.5, 0.6) is 0 Å². The van der Waals surface area contributed by atoms with Gasteiger partial charge >= 0.3 is 0 Å². The van der Waals surface area contributed by atoms with Crippen LogP contribution < -0.4 is 0 Å². The Morgan fingerprint density at radius 2 is 1.89 bits per heavy atom. The molecule has 90 valence electrons. The summed E-state index contributed by atoms with van der Waals surface area (Å²) in [5, 5.41) is 0. The first-order valence-corrected chi connectivity index (χ1v) is 6.07. The van der Waals surface area contributed by atoms with Crippen LogP contribution in [0.3, 0.4) is 0 Å². The molecule has 0 saturated heterocycles. The van der Waals surface area contributed by atoms with Crippen LogP contribution in [0, 0.1) is 13.5 Å². The van der Waals surface area contributed by atoms with Crippen molar-refractivity contribution in [3.63, 3.8) is 0 Å². The van der Waals surface area contributed by atoms with E-state index in [0.717, 1.165) is 16.8 Å². The first kappa shape index (κ1) is 12.3. The van der Waals surface area contributed by atoms with Crippen molar-refractivity contribution in [3.05, 3.63) is 59.2 Å². The highest BCUT2D eigenvalue weighted by molar-refractivity contribution is 5.80. The third-order valence-corrected chi connectivity index (χ3v) is 3.01. The zero-order valence-corrected chi connectivity index (χ0v) is 10.9. The van der Waals surface area contributed by atoms with Gasteiger partial charge in [-0.15, -0.1) is 0 Å². The minimum Gasteiger partial charge on any atom is -0.261 e. The van der Waals surface area contributed by atoms with E-state index in [0.29, 0.717) is 11.6 Å². The number of para-hydroxylation sites is 1. The molecule has 0 saturated carbocycles. The zero-order chi connectivity index (χ0) is 13.1. The van der Waals surface area contributed by atoms with Gasteiger partial charge in [0.25, 0.3) is 0 Å². The lowest BCUT2D eigenvalue weighted by molar-refractivity contribution is 0.858. The van der Waals surface area contributed by atoms with Crippen molar-refractivity contribution >= 4 is 5.69 Å². The Kier molecular flexibility index (Phi) is 3.43. The van der Waals surface area contributed by atoms with Gasteiger partial charge in [0.15, 0.2) is 5.69 Å². The van der Waals surface area contributed by atoms with Gasteiger partial charge in [0.1, 0.15) is 0 Å². The number of aromatic nitrogens is 1. The Morgan fingerprint density at radius 1 is 1.17 bits per heavy atom. The van der Waals surface area contributed by atoms with E-state index in [4.69, 9.17) is 6.57 Å². The molecule has 0 N–H and O–H groups in total. The number of pyridine rings is 1. The van der Waals surface area contributed by atoms with E-state index in [1.54, 1.807) is 0 Å². The van der Waals surface area contributed by atoms with E-state index in [1.807, 2.05) is 37.4 Å². The first-order valence-electron chi connectivity index (χ1n) is 6.07. The molecule has 2 aromatic rings. The molecule has 0 bridgehead atoms. The summed E-state index contributed by atoms with van der Waals surface area (Å²) >= 11 is 0. The van der Waals surface area contributed by atoms with E-state index in [1.165, 1.54) is 5.56 Å². The van der Waals surface area contributed by atoms with Crippen LogP contribution in [0.1, 0.15) is 31.0 Å². The van der Waals surface area contributed by atoms with E-state index in [-0.39, 0.29) is 0 Å². The third kappa shape index (κ3) is 2.26. The van der Waals surface area contributed by atoms with Gasteiger partial charge in [-0.25, -0.2) is 4.85 Å². The Labute approximate surface area is 108 Å². The fraction of sp³-hybridized carbons (Fsp3) is 0.250. The van der Waals surface area contributed by atoms with Gasteiger partial charge in [-0.2, -0.15) is 0 Å². The monoisotopic (exact) mass is 236 g/mol. The van der Waals surface area contributed by atoms with Crippen LogP contribution in [-0.2, 0) is 0 Å². The van der Waals surface area contributed by atoms with E-state index < -0.39 is 0 Å². The van der Waals surface area contributed by atoms with Gasteiger partial charge in [0.2, 0.25) is 0 Å². The van der Waals surface area contributed by atoms with Crippen LogP contribution in [0.4, 0.5) is 5.69 Å². The summed E-state index contributed by atoms with van der Waals surface area (Å²) in [6, 6.07) is 9.82. The lowest BCUT2D eigenvalue weighted by Gasteiger charge is -2.14. The number of benzene rings is 1. The van der Waals surface area contributed by atoms with Crippen molar-refractivity contribution in [1.82, 2.24) is 4.98 Å². The molecule has 2 nitrogen and oxygen atoms in total. The molecule has 0 fully saturated rings. The SMILES string of the molecule is [C-]#[N+]c1ccccc1-c1cc(C)ncc1C(C)C. The lowest BCUT2D eigenvalue weighted by Crippen LogP contribution is -1.95. The smallest absolute Gasteiger partial charge is 0.194 e. The molecule has 0 radical (unpaired) electrons. The van der Waals surface area contributed by atoms with Gasteiger partial charge in [-0.1, -0.05) is 38.1 Å². The summed E-state index contributed by atoms with van der Waals surface area (Å²) < 4.78 is 0. The topological polar surface area (TPSA) is 17.2 Å². The van der Waals surface area contributed by atoms with E-state index in [2.05, 4.69) is 29.7 Å². The Morgan fingerprint density at radius 3 is 2.56 bits per heavy atom. The average molecular weight is 236 g/mol. The Balaban J connectivity index is 2.70. The molecule has 0 spiro atoms. The minimum absolute atomic E-state index is 0.395. The van der Waals surface area contributed by atoms with Gasteiger partial charge in [0.05, 0.1) is 6.57 Å². The molecule has 1 heterocycles. The quantitative estimate of drug-likeness (QED) is 0.689. The van der Waals surface area contributed by atoms with E-state index in [9.17, 15) is 0 Å². The largest absolute Gasteiger partial charge is 0.261 e. The number of aryl methyl sites for hydroxylation is 1. The van der Waals surface area contributed by atoms with Crippen LogP contribution in [-0.4, -0.2) is 4.98 Å². The summed E-state index contributed by atoms with van der Waals surface area (Å²) in [5.74, 6) is 0.395. The van der Waals surface area contributed by atoms with Gasteiger partial charge in [-0.3, -0.25) is 4.98 Å². The third-order valence-electron chi connectivity index (χ3n) is 3.01. The maximum Gasteiger partial charge on any atom is 0.194 e. The second-order valence-corrected chi connectivity index (χ2v) is 4.70. The fourth-order valence-electron chi connectivity index (χ4n) is 2.06. The molecule has 0 aliphatic heterocycles. The highest BCUT2D eigenvalue weighted by atomic mass is 14.7. The molecule has 2 rings (SSSR count). The second kappa shape index (κ2) is 5.01. The van der Waals surface area contributed by atoms with Gasteiger partial charge < -0.3 is 0 Å². The normalized spacial score (nSPS) is 10.4. The van der Waals surface area contributed by atoms with Crippen molar-refractivity contribution in [2.75, 3.05) is 0 Å². The van der Waals surface area contributed by atoms with Crippen molar-refractivity contribution < 1.29 is 0 Å². The minimum atomic E-state index is 0.395. The fourth-order valence-corrected chi connectivity index (χ4v) is 2.06. The molecule has 0 aliphatic carbocycles. The van der Waals surface area contributed by atoms with Crippen LogP contribution >= 0.6 is 0 Å². The average Bonchev–Trinajstić information content (AvgIpc) is 2.38. The summed E-state index contributed by atoms with van der Waals surface area (Å²) in [7, 11) is 0. The highest BCUT2D eigenvalue weighted by Crippen LogP contribution is 2.35. The molecule has 1 aromatic heterocycles. The Hall–Kier alpha value is -2.14. The Bertz CT molecular complexity index is 607. The molecule has 0 amide bonds. The molecule has 1 aromatic carbocycles. The molecule has 0 aliphatic rings. The van der Waals surface area contributed by atoms with Crippen LogP contribution in [0.2, 0.25) is 0 Å². The van der Waals surface area contributed by atoms with Gasteiger partial charge in [-0.05, 0) is 35.6 Å². The van der Waals surface area contributed by atoms with Crippen LogP contribution in [0.15, 0.2) is 36.5 Å². The van der Waals surface area contributed by atoms with Crippen LogP contribution in [0.25, 0.3) is 16.0 Å². The van der Waals surface area contributed by atoms with E-state index >= 15 is 0 Å². The molecular formula is C16H16N2. The maximum absolute atomic E-state index is 7.27. The lowest BCUT2D eigenvalue weighted by atomic mass is 9.93. The predicted octanol–water partition coefficient (Wildman–Crippen LogP) is 4.73. The molecule has 2 heteroatoms. The van der Waals surface area contributed by atoms with Gasteiger partial charge in [0, 0.05) is 11.9 Å². The summed E-state index contributed by atoms with van der Waals surface area (Å²) in [6.07, 6.45) is 1.93. The zero-order valence-electron chi connectivity index (χ0n) is 10.9. The first-order chi connectivity index (χ1) is 8.63. The molecule has 18 heavy (non-hydrogen) atoms. The summed E-state index contributed by atoms with van der Waals surface area (Å²) in [6.45, 7) is 13.6. The molecule has 0 atom stereocenters. The number of nitrogens with zero attached hydrogens (tertiary/aromatic N) is 2. The summed E-state index contributed by atoms with van der Waals surface area (Å²) in [4.78, 5) is 7.97. The summed E-state index contributed by atoms with van der Waals surface area (Å²) in [5.41, 5.74) is 5.00. The molecular weight excluding hydrogens is 220 g/mol. The second-order valence-electron chi connectivity index (χ2n) is 4.70. The van der Waals surface area contributed by atoms with Crippen molar-refractivity contribution in [2.45, 2.75) is 26.7 Å². The molecule has 0 unspecified atom stereocenters. The van der Waals surface area contributed by atoms with Crippen molar-refractivity contribution in [1.29, 1.82) is 0 Å². The van der Waals surface area contributed by atoms with Crippen molar-refractivity contribution in [2.24, 2.45) is 0 Å².